The maximum absolute atomic E-state index is 11.4. The van der Waals surface area contributed by atoms with Crippen LogP contribution in [0.3, 0.4) is 0 Å². The van der Waals surface area contributed by atoms with Gasteiger partial charge in [0.1, 0.15) is 0 Å². The van der Waals surface area contributed by atoms with Gasteiger partial charge in [0.25, 0.3) is 0 Å². The summed E-state index contributed by atoms with van der Waals surface area (Å²) in [5.74, 6) is 0.779. The van der Waals surface area contributed by atoms with Gasteiger partial charge in [-0.15, -0.1) is 0 Å². The Balaban J connectivity index is 2.44. The first-order chi connectivity index (χ1) is 7.11. The van der Waals surface area contributed by atoms with Crippen LogP contribution in [0.2, 0.25) is 0 Å². The van der Waals surface area contributed by atoms with Gasteiger partial charge in [-0.2, -0.15) is 0 Å². The summed E-state index contributed by atoms with van der Waals surface area (Å²) >= 11 is 3.27. The Kier molecular flexibility index (Phi) is 2.56. The Hall–Kier alpha value is -1.23. The molecule has 0 saturated heterocycles. The predicted octanol–water partition coefficient (Wildman–Crippen LogP) is 2.35. The fraction of sp³-hybridized carbons (Fsp3) is 0.300. The van der Waals surface area contributed by atoms with Crippen molar-refractivity contribution in [2.45, 2.75) is 13.2 Å². The zero-order valence-corrected chi connectivity index (χ0v) is 9.83. The molecule has 0 saturated carbocycles. The van der Waals surface area contributed by atoms with Crippen molar-refractivity contribution in [1.29, 1.82) is 0 Å². The maximum Gasteiger partial charge on any atom is 0.339 e. The topological polar surface area (TPSA) is 44.8 Å². The van der Waals surface area contributed by atoms with E-state index in [1.165, 1.54) is 7.11 Å². The first-order valence-electron chi connectivity index (χ1n) is 4.37. The second-order valence-corrected chi connectivity index (χ2v) is 3.93. The summed E-state index contributed by atoms with van der Waals surface area (Å²) in [6, 6.07) is 3.31. The third-order valence-electron chi connectivity index (χ3n) is 2.02. The van der Waals surface area contributed by atoms with Gasteiger partial charge in [0.05, 0.1) is 12.7 Å². The van der Waals surface area contributed by atoms with Gasteiger partial charge in [-0.3, -0.25) is 0 Å². The van der Waals surface area contributed by atoms with Crippen molar-refractivity contribution in [3.8, 4) is 11.5 Å². The molecule has 1 aromatic rings. The molecule has 15 heavy (non-hydrogen) atoms. The van der Waals surface area contributed by atoms with E-state index in [1.807, 2.05) is 0 Å². The van der Waals surface area contributed by atoms with Crippen molar-refractivity contribution in [2.24, 2.45) is 0 Å². The molecule has 1 atom stereocenters. The van der Waals surface area contributed by atoms with Crippen LogP contribution in [0.1, 0.15) is 17.3 Å². The minimum atomic E-state index is -0.409. The van der Waals surface area contributed by atoms with E-state index in [4.69, 9.17) is 9.47 Å². The zero-order valence-electron chi connectivity index (χ0n) is 8.24. The molecule has 0 fully saturated rings. The summed E-state index contributed by atoms with van der Waals surface area (Å²) in [7, 11) is 1.34. The average molecular weight is 273 g/mol. The van der Waals surface area contributed by atoms with Gasteiger partial charge in [-0.1, -0.05) is 0 Å². The van der Waals surface area contributed by atoms with E-state index in [1.54, 1.807) is 19.1 Å². The minimum Gasteiger partial charge on any atom is -0.465 e. The molecule has 2 rings (SSSR count). The third kappa shape index (κ3) is 1.79. The number of ether oxygens (including phenoxy) is 3. The number of benzene rings is 1. The number of hydrogen-bond donors (Lipinski definition) is 0. The van der Waals surface area contributed by atoms with Crippen LogP contribution in [0.5, 0.6) is 11.5 Å². The lowest BCUT2D eigenvalue weighted by Crippen LogP contribution is -2.11. The molecule has 0 amide bonds. The first kappa shape index (κ1) is 10.3. The van der Waals surface area contributed by atoms with E-state index in [0.717, 1.165) is 0 Å². The Morgan fingerprint density at radius 1 is 1.40 bits per heavy atom. The Labute approximate surface area is 95.3 Å². The van der Waals surface area contributed by atoms with Crippen LogP contribution in [-0.4, -0.2) is 19.4 Å². The van der Waals surface area contributed by atoms with Gasteiger partial charge < -0.3 is 14.2 Å². The molecule has 0 spiro atoms. The highest BCUT2D eigenvalue weighted by Gasteiger charge is 2.24. The number of hydrogen-bond acceptors (Lipinski definition) is 4. The summed E-state index contributed by atoms with van der Waals surface area (Å²) in [5.41, 5.74) is 0.425. The molecule has 0 radical (unpaired) electrons. The SMILES string of the molecule is COC(=O)c1cc2c(cc1Br)OC(C)O2. The van der Waals surface area contributed by atoms with E-state index in [-0.39, 0.29) is 6.29 Å². The average Bonchev–Trinajstić information content (AvgIpc) is 2.55. The van der Waals surface area contributed by atoms with Crippen LogP contribution >= 0.6 is 15.9 Å². The van der Waals surface area contributed by atoms with Crippen LogP contribution in [0, 0.1) is 0 Å². The van der Waals surface area contributed by atoms with E-state index < -0.39 is 5.97 Å². The van der Waals surface area contributed by atoms with E-state index in [9.17, 15) is 4.79 Å². The summed E-state index contributed by atoms with van der Waals surface area (Å²) in [5, 5.41) is 0. The highest BCUT2D eigenvalue weighted by Crippen LogP contribution is 2.38. The van der Waals surface area contributed by atoms with Gasteiger partial charge in [0.2, 0.25) is 6.29 Å². The standard InChI is InChI=1S/C10H9BrO4/c1-5-14-8-3-6(10(12)13-2)7(11)4-9(8)15-5/h3-5H,1-2H3. The van der Waals surface area contributed by atoms with Crippen LogP contribution in [0.4, 0.5) is 0 Å². The molecule has 1 heterocycles. The molecule has 0 bridgehead atoms. The molecular formula is C10H9BrO4. The second kappa shape index (κ2) is 3.73. The van der Waals surface area contributed by atoms with E-state index in [0.29, 0.717) is 21.5 Å². The summed E-state index contributed by atoms with van der Waals surface area (Å²) < 4.78 is 16.0. The van der Waals surface area contributed by atoms with Crippen LogP contribution in [-0.2, 0) is 4.74 Å². The Bertz CT molecular complexity index is 416. The third-order valence-corrected chi connectivity index (χ3v) is 2.68. The first-order valence-corrected chi connectivity index (χ1v) is 5.16. The normalized spacial score (nSPS) is 17.7. The number of methoxy groups -OCH3 is 1. The highest BCUT2D eigenvalue weighted by atomic mass is 79.9. The smallest absolute Gasteiger partial charge is 0.339 e. The number of carbonyl (C=O) groups is 1. The number of rotatable bonds is 1. The molecule has 4 nitrogen and oxygen atoms in total. The van der Waals surface area contributed by atoms with Crippen molar-refractivity contribution in [3.05, 3.63) is 22.2 Å². The van der Waals surface area contributed by atoms with Crippen LogP contribution < -0.4 is 9.47 Å². The van der Waals surface area contributed by atoms with Crippen molar-refractivity contribution < 1.29 is 19.0 Å². The molecule has 0 N–H and O–H groups in total. The second-order valence-electron chi connectivity index (χ2n) is 3.07. The molecule has 0 aliphatic carbocycles. The van der Waals surface area contributed by atoms with Crippen molar-refractivity contribution in [1.82, 2.24) is 0 Å². The number of halogens is 1. The van der Waals surface area contributed by atoms with Gasteiger partial charge in [-0.25, -0.2) is 4.79 Å². The van der Waals surface area contributed by atoms with Crippen molar-refractivity contribution in [3.63, 3.8) is 0 Å². The number of fused-ring (bicyclic) bond motifs is 1. The molecule has 1 unspecified atom stereocenters. The maximum atomic E-state index is 11.4. The fourth-order valence-corrected chi connectivity index (χ4v) is 1.85. The summed E-state index contributed by atoms with van der Waals surface area (Å²) in [6.45, 7) is 1.78. The van der Waals surface area contributed by atoms with Gasteiger partial charge in [0, 0.05) is 11.4 Å². The van der Waals surface area contributed by atoms with E-state index in [2.05, 4.69) is 20.7 Å². The summed E-state index contributed by atoms with van der Waals surface area (Å²) in [6.07, 6.45) is -0.320. The highest BCUT2D eigenvalue weighted by molar-refractivity contribution is 9.10. The van der Waals surface area contributed by atoms with Crippen molar-refractivity contribution in [2.75, 3.05) is 7.11 Å². The molecule has 80 valence electrons. The van der Waals surface area contributed by atoms with Gasteiger partial charge >= 0.3 is 5.97 Å². The molecule has 5 heteroatoms. The predicted molar refractivity (Wildman–Crippen MR) is 56.2 cm³/mol. The largest absolute Gasteiger partial charge is 0.465 e. The van der Waals surface area contributed by atoms with Gasteiger partial charge in [0.15, 0.2) is 11.5 Å². The lowest BCUT2D eigenvalue weighted by atomic mass is 10.2. The van der Waals surface area contributed by atoms with E-state index >= 15 is 0 Å². The quantitative estimate of drug-likeness (QED) is 0.737. The molecule has 1 aliphatic heterocycles. The number of esters is 1. The lowest BCUT2D eigenvalue weighted by molar-refractivity contribution is 0.0595. The molecule has 1 aromatic carbocycles. The van der Waals surface area contributed by atoms with Crippen molar-refractivity contribution >= 4 is 21.9 Å². The molecule has 0 aromatic heterocycles. The zero-order chi connectivity index (χ0) is 11.0. The van der Waals surface area contributed by atoms with Gasteiger partial charge in [-0.05, 0) is 28.1 Å². The molecular weight excluding hydrogens is 264 g/mol. The van der Waals surface area contributed by atoms with Crippen LogP contribution in [0.25, 0.3) is 0 Å². The number of carbonyl (C=O) groups excluding carboxylic acids is 1. The minimum absolute atomic E-state index is 0.320. The fourth-order valence-electron chi connectivity index (χ4n) is 1.37. The molecule has 1 aliphatic rings. The Morgan fingerprint density at radius 3 is 2.60 bits per heavy atom. The Morgan fingerprint density at radius 2 is 2.00 bits per heavy atom. The van der Waals surface area contributed by atoms with Crippen LogP contribution in [0.15, 0.2) is 16.6 Å². The lowest BCUT2D eigenvalue weighted by Gasteiger charge is -2.03. The summed E-state index contributed by atoms with van der Waals surface area (Å²) in [4.78, 5) is 11.4. The monoisotopic (exact) mass is 272 g/mol.